The summed E-state index contributed by atoms with van der Waals surface area (Å²) < 4.78 is 58.8. The number of carbonyl (C=O) groups is 1. The zero-order chi connectivity index (χ0) is 16.2. The molecule has 1 amide bonds. The van der Waals surface area contributed by atoms with Gasteiger partial charge in [0.15, 0.2) is 0 Å². The summed E-state index contributed by atoms with van der Waals surface area (Å²) >= 11 is 0. The minimum Gasteiger partial charge on any atom is -0.512 e. The first kappa shape index (κ1) is 17.0. The van der Waals surface area contributed by atoms with Gasteiger partial charge in [0.05, 0.1) is 7.11 Å². The monoisotopic (exact) mass is 311 g/mol. The van der Waals surface area contributed by atoms with Crippen molar-refractivity contribution in [1.82, 2.24) is 5.32 Å². The number of ether oxygens (including phenoxy) is 1. The maximum atomic E-state index is 13.8. The van der Waals surface area contributed by atoms with E-state index in [0.717, 1.165) is 13.2 Å². The molecule has 1 aromatic carbocycles. The van der Waals surface area contributed by atoms with Crippen molar-refractivity contribution in [2.24, 2.45) is 0 Å². The van der Waals surface area contributed by atoms with Crippen molar-refractivity contribution < 1.29 is 41.8 Å². The van der Waals surface area contributed by atoms with Gasteiger partial charge in [0.2, 0.25) is 0 Å². The van der Waals surface area contributed by atoms with Crippen molar-refractivity contribution in [2.75, 3.05) is 13.7 Å². The molecule has 0 saturated carbocycles. The Morgan fingerprint density at radius 1 is 1.38 bits per heavy atom. The van der Waals surface area contributed by atoms with E-state index in [9.17, 15) is 22.4 Å². The summed E-state index contributed by atoms with van der Waals surface area (Å²) in [6, 6.07) is 1.52. The lowest BCUT2D eigenvalue weighted by molar-refractivity contribution is -0.123. The minimum atomic E-state index is -4.65. The fourth-order valence-corrected chi connectivity index (χ4v) is 1.40. The SMILES string of the molecule is COc1cc(OB(O)O)cc(F)c1C(=O)NCC(F)(F)F. The van der Waals surface area contributed by atoms with Crippen LogP contribution in [0.5, 0.6) is 11.5 Å². The highest BCUT2D eigenvalue weighted by Crippen LogP contribution is 2.28. The van der Waals surface area contributed by atoms with Crippen molar-refractivity contribution in [3.8, 4) is 11.5 Å². The van der Waals surface area contributed by atoms with Crippen LogP contribution in [-0.2, 0) is 0 Å². The van der Waals surface area contributed by atoms with Crippen LogP contribution in [0.25, 0.3) is 0 Å². The molecule has 0 bridgehead atoms. The van der Waals surface area contributed by atoms with Crippen molar-refractivity contribution >= 4 is 13.2 Å². The van der Waals surface area contributed by atoms with E-state index < -0.39 is 43.1 Å². The number of amides is 1. The van der Waals surface area contributed by atoms with E-state index in [1.807, 2.05) is 0 Å². The lowest BCUT2D eigenvalue weighted by Crippen LogP contribution is -2.34. The Morgan fingerprint density at radius 2 is 2.00 bits per heavy atom. The average Bonchev–Trinajstić information content (AvgIpc) is 2.33. The zero-order valence-corrected chi connectivity index (χ0v) is 10.6. The number of hydrogen-bond acceptors (Lipinski definition) is 5. The van der Waals surface area contributed by atoms with E-state index in [1.165, 1.54) is 5.32 Å². The van der Waals surface area contributed by atoms with E-state index >= 15 is 0 Å². The summed E-state index contributed by atoms with van der Waals surface area (Å²) in [5, 5.41) is 18.6. The number of hydrogen-bond donors (Lipinski definition) is 3. The van der Waals surface area contributed by atoms with Crippen LogP contribution in [0.15, 0.2) is 12.1 Å². The molecule has 6 nitrogen and oxygen atoms in total. The number of rotatable bonds is 5. The molecule has 116 valence electrons. The molecule has 1 rings (SSSR count). The highest BCUT2D eigenvalue weighted by molar-refractivity contribution is 6.33. The third kappa shape index (κ3) is 5.12. The largest absolute Gasteiger partial charge is 0.707 e. The molecule has 3 N–H and O–H groups in total. The molecule has 21 heavy (non-hydrogen) atoms. The third-order valence-electron chi connectivity index (χ3n) is 2.17. The second-order valence-electron chi connectivity index (χ2n) is 3.72. The number of methoxy groups -OCH3 is 1. The summed E-state index contributed by atoms with van der Waals surface area (Å²) in [5.41, 5.74) is -0.762. The molecule has 0 unspecified atom stereocenters. The van der Waals surface area contributed by atoms with Crippen LogP contribution in [0, 0.1) is 5.82 Å². The van der Waals surface area contributed by atoms with E-state index in [1.54, 1.807) is 0 Å². The highest BCUT2D eigenvalue weighted by Gasteiger charge is 2.29. The summed E-state index contributed by atoms with van der Waals surface area (Å²) in [6.07, 6.45) is -4.65. The second-order valence-corrected chi connectivity index (χ2v) is 3.72. The molecule has 0 aliphatic heterocycles. The summed E-state index contributed by atoms with van der Waals surface area (Å²) in [5.74, 6) is -3.39. The van der Waals surface area contributed by atoms with Crippen LogP contribution in [0.2, 0.25) is 0 Å². The molecule has 0 atom stereocenters. The Bertz CT molecular complexity index is 523. The standard InChI is InChI=1S/C10H10BF4NO5/c1-20-7-3-5(21-11(18)19)2-6(12)8(7)9(17)16-4-10(13,14)15/h2-3,18-19H,4H2,1H3,(H,16,17). The van der Waals surface area contributed by atoms with Crippen molar-refractivity contribution in [2.45, 2.75) is 6.18 Å². The van der Waals surface area contributed by atoms with Gasteiger partial charge in [0.25, 0.3) is 5.91 Å². The minimum absolute atomic E-state index is 0.383. The predicted octanol–water partition coefficient (Wildman–Crippen LogP) is 0.475. The fraction of sp³-hybridized carbons (Fsp3) is 0.300. The Balaban J connectivity index is 3.03. The van der Waals surface area contributed by atoms with Gasteiger partial charge in [-0.2, -0.15) is 13.2 Å². The smallest absolute Gasteiger partial charge is 0.512 e. The maximum Gasteiger partial charge on any atom is 0.707 e. The number of carbonyl (C=O) groups excluding carboxylic acids is 1. The van der Waals surface area contributed by atoms with Crippen molar-refractivity contribution in [3.63, 3.8) is 0 Å². The Hall–Kier alpha value is -2.01. The molecule has 0 aromatic heterocycles. The quantitative estimate of drug-likeness (QED) is 0.544. The molecule has 0 fully saturated rings. The van der Waals surface area contributed by atoms with Crippen LogP contribution in [0.3, 0.4) is 0 Å². The molecular formula is C10H10BF4NO5. The molecular weight excluding hydrogens is 301 g/mol. The van der Waals surface area contributed by atoms with Crippen LogP contribution >= 0.6 is 0 Å². The van der Waals surface area contributed by atoms with Gasteiger partial charge in [-0.1, -0.05) is 0 Å². The molecule has 0 saturated heterocycles. The van der Waals surface area contributed by atoms with Gasteiger partial charge in [0, 0.05) is 12.1 Å². The molecule has 0 aliphatic rings. The number of nitrogens with one attached hydrogen (secondary N) is 1. The van der Waals surface area contributed by atoms with Gasteiger partial charge in [-0.3, -0.25) is 4.79 Å². The van der Waals surface area contributed by atoms with E-state index in [4.69, 9.17) is 10.0 Å². The first-order chi connectivity index (χ1) is 9.64. The van der Waals surface area contributed by atoms with E-state index in [-0.39, 0.29) is 5.75 Å². The van der Waals surface area contributed by atoms with Crippen LogP contribution in [0.4, 0.5) is 17.6 Å². The van der Waals surface area contributed by atoms with Crippen LogP contribution < -0.4 is 14.7 Å². The highest BCUT2D eigenvalue weighted by atomic mass is 19.4. The summed E-state index contributed by atoms with van der Waals surface area (Å²) in [7, 11) is -1.19. The van der Waals surface area contributed by atoms with Gasteiger partial charge in [-0.25, -0.2) is 4.39 Å². The molecule has 0 heterocycles. The molecule has 11 heteroatoms. The normalized spacial score (nSPS) is 11.0. The Morgan fingerprint density at radius 3 is 2.48 bits per heavy atom. The number of alkyl halides is 3. The van der Waals surface area contributed by atoms with Crippen molar-refractivity contribution in [3.05, 3.63) is 23.5 Å². The topological polar surface area (TPSA) is 88.0 Å². The van der Waals surface area contributed by atoms with E-state index in [2.05, 4.69) is 9.39 Å². The summed E-state index contributed by atoms with van der Waals surface area (Å²) in [4.78, 5) is 11.6. The van der Waals surface area contributed by atoms with Gasteiger partial charge in [-0.15, -0.1) is 0 Å². The second kappa shape index (κ2) is 6.63. The molecule has 0 radical (unpaired) electrons. The van der Waals surface area contributed by atoms with Gasteiger partial charge < -0.3 is 24.8 Å². The predicted molar refractivity (Wildman–Crippen MR) is 62.2 cm³/mol. The van der Waals surface area contributed by atoms with Gasteiger partial charge in [-0.05, 0) is 0 Å². The first-order valence-electron chi connectivity index (χ1n) is 5.39. The average molecular weight is 311 g/mol. The zero-order valence-electron chi connectivity index (χ0n) is 10.6. The summed E-state index contributed by atoms with van der Waals surface area (Å²) in [6.45, 7) is -1.64. The van der Waals surface area contributed by atoms with Gasteiger partial charge in [0.1, 0.15) is 29.4 Å². The lowest BCUT2D eigenvalue weighted by atomic mass is 10.1. The van der Waals surface area contributed by atoms with Crippen LogP contribution in [-0.4, -0.2) is 43.1 Å². The van der Waals surface area contributed by atoms with Gasteiger partial charge >= 0.3 is 13.5 Å². The number of benzene rings is 1. The molecule has 1 aromatic rings. The Labute approximate surface area is 116 Å². The lowest BCUT2D eigenvalue weighted by Gasteiger charge is -2.13. The first-order valence-corrected chi connectivity index (χ1v) is 5.39. The maximum absolute atomic E-state index is 13.8. The Kier molecular flexibility index (Phi) is 5.38. The fourth-order valence-electron chi connectivity index (χ4n) is 1.40. The number of halogens is 4. The van der Waals surface area contributed by atoms with E-state index in [0.29, 0.717) is 6.07 Å². The third-order valence-corrected chi connectivity index (χ3v) is 2.17. The van der Waals surface area contributed by atoms with Crippen molar-refractivity contribution in [1.29, 1.82) is 0 Å². The van der Waals surface area contributed by atoms with Crippen LogP contribution in [0.1, 0.15) is 10.4 Å². The molecule has 0 spiro atoms. The molecule has 0 aliphatic carbocycles.